The summed E-state index contributed by atoms with van der Waals surface area (Å²) in [4.78, 5) is 20.9. The first-order valence-corrected chi connectivity index (χ1v) is 12.2. The number of nitrogens with zero attached hydrogens (tertiary/aromatic N) is 2. The number of carbonyl (C=O) groups excluding carboxylic acids is 1. The maximum Gasteiger partial charge on any atom is 0.255 e. The highest BCUT2D eigenvalue weighted by molar-refractivity contribution is 6.07. The van der Waals surface area contributed by atoms with Gasteiger partial charge in [0.15, 0.2) is 0 Å². The zero-order chi connectivity index (χ0) is 25.1. The van der Waals surface area contributed by atoms with E-state index in [2.05, 4.69) is 45.0 Å². The summed E-state index contributed by atoms with van der Waals surface area (Å²) in [5.74, 6) is 0.693. The number of hydrogen-bond acceptors (Lipinski definition) is 3. The summed E-state index contributed by atoms with van der Waals surface area (Å²) in [6.07, 6.45) is 1.64. The van der Waals surface area contributed by atoms with E-state index in [0.717, 1.165) is 33.5 Å². The highest BCUT2D eigenvalue weighted by Crippen LogP contribution is 2.28. The van der Waals surface area contributed by atoms with E-state index < -0.39 is 0 Å². The van der Waals surface area contributed by atoms with E-state index in [1.807, 2.05) is 77.7 Å². The zero-order valence-corrected chi connectivity index (χ0v) is 20.9. The molecular weight excluding hydrogens is 444 g/mol. The fourth-order valence-corrected chi connectivity index (χ4v) is 4.40. The number of para-hydroxylation sites is 1. The average Bonchev–Trinajstić information content (AvgIpc) is 3.41. The molecule has 0 fully saturated rings. The van der Waals surface area contributed by atoms with Gasteiger partial charge in [-0.1, -0.05) is 93.6 Å². The molecule has 0 aliphatic heterocycles. The maximum absolute atomic E-state index is 14.2. The Balaban J connectivity index is 1.55. The van der Waals surface area contributed by atoms with Gasteiger partial charge in [-0.2, -0.15) is 0 Å². The first-order valence-electron chi connectivity index (χ1n) is 12.2. The molecule has 0 bridgehead atoms. The Labute approximate surface area is 212 Å². The molecule has 3 aromatic carbocycles. The average molecular weight is 475 g/mol. The van der Waals surface area contributed by atoms with Crippen LogP contribution in [0.4, 0.5) is 0 Å². The van der Waals surface area contributed by atoms with Gasteiger partial charge in [0.2, 0.25) is 0 Å². The van der Waals surface area contributed by atoms with E-state index in [4.69, 9.17) is 9.40 Å². The Morgan fingerprint density at radius 3 is 2.25 bits per heavy atom. The van der Waals surface area contributed by atoms with Crippen LogP contribution in [0.1, 0.15) is 48.0 Å². The molecule has 180 valence electrons. The Bertz CT molecular complexity index is 1460. The lowest BCUT2D eigenvalue weighted by Gasteiger charge is -2.24. The van der Waals surface area contributed by atoms with Crippen LogP contribution in [0.2, 0.25) is 0 Å². The van der Waals surface area contributed by atoms with Gasteiger partial charge >= 0.3 is 0 Å². The second kappa shape index (κ2) is 9.82. The van der Waals surface area contributed by atoms with E-state index in [1.54, 1.807) is 6.26 Å². The molecule has 36 heavy (non-hydrogen) atoms. The molecule has 0 saturated carbocycles. The van der Waals surface area contributed by atoms with E-state index >= 15 is 0 Å². The van der Waals surface area contributed by atoms with Crippen molar-refractivity contribution < 1.29 is 9.21 Å². The molecule has 5 aromatic rings. The van der Waals surface area contributed by atoms with Crippen LogP contribution in [-0.2, 0) is 18.5 Å². The van der Waals surface area contributed by atoms with Crippen molar-refractivity contribution in [3.63, 3.8) is 0 Å². The number of furan rings is 1. The van der Waals surface area contributed by atoms with Crippen LogP contribution in [0.3, 0.4) is 0 Å². The van der Waals surface area contributed by atoms with Gasteiger partial charge in [0, 0.05) is 17.5 Å². The van der Waals surface area contributed by atoms with Gasteiger partial charge in [-0.15, -0.1) is 0 Å². The second-order valence-electron chi connectivity index (χ2n) is 10.1. The molecule has 0 aliphatic rings. The van der Waals surface area contributed by atoms with Crippen molar-refractivity contribution in [1.29, 1.82) is 0 Å². The molecule has 0 aliphatic carbocycles. The highest BCUT2D eigenvalue weighted by Gasteiger charge is 2.22. The van der Waals surface area contributed by atoms with E-state index in [0.29, 0.717) is 18.7 Å². The van der Waals surface area contributed by atoms with Crippen LogP contribution in [0, 0.1) is 0 Å². The summed E-state index contributed by atoms with van der Waals surface area (Å²) in [6, 6.07) is 32.0. The monoisotopic (exact) mass is 474 g/mol. The van der Waals surface area contributed by atoms with Crippen LogP contribution in [0.15, 0.2) is 108 Å². The summed E-state index contributed by atoms with van der Waals surface area (Å²) in [5.41, 5.74) is 5.61. The summed E-state index contributed by atoms with van der Waals surface area (Å²) >= 11 is 0. The highest BCUT2D eigenvalue weighted by atomic mass is 16.3. The number of hydrogen-bond donors (Lipinski definition) is 0. The minimum absolute atomic E-state index is 0.0536. The number of pyridine rings is 1. The molecule has 2 heterocycles. The van der Waals surface area contributed by atoms with Crippen molar-refractivity contribution >= 4 is 16.8 Å². The maximum atomic E-state index is 14.2. The molecular formula is C32H30N2O2. The topological polar surface area (TPSA) is 46.3 Å². The molecule has 0 N–H and O–H groups in total. The van der Waals surface area contributed by atoms with Crippen molar-refractivity contribution in [1.82, 2.24) is 9.88 Å². The van der Waals surface area contributed by atoms with Crippen molar-refractivity contribution in [2.75, 3.05) is 0 Å². The standard InChI is InChI=1S/C32H30N2O2/c1-32(2,3)25-17-15-23(16-18-25)21-34(22-26-12-9-19-36-26)31(35)28-20-30(24-10-5-4-6-11-24)33-29-14-8-7-13-27(28)29/h4-20H,21-22H2,1-3H3. The summed E-state index contributed by atoms with van der Waals surface area (Å²) in [7, 11) is 0. The molecule has 2 aromatic heterocycles. The molecule has 1 amide bonds. The Morgan fingerprint density at radius 1 is 0.833 bits per heavy atom. The van der Waals surface area contributed by atoms with Crippen molar-refractivity contribution in [3.8, 4) is 11.3 Å². The molecule has 0 radical (unpaired) electrons. The Morgan fingerprint density at radius 2 is 1.56 bits per heavy atom. The molecule has 0 unspecified atom stereocenters. The smallest absolute Gasteiger partial charge is 0.255 e. The minimum atomic E-state index is -0.0536. The first-order chi connectivity index (χ1) is 17.4. The van der Waals surface area contributed by atoms with Crippen molar-refractivity contribution in [2.45, 2.75) is 39.3 Å². The molecule has 4 nitrogen and oxygen atoms in total. The van der Waals surface area contributed by atoms with E-state index in [-0.39, 0.29) is 11.3 Å². The quantitative estimate of drug-likeness (QED) is 0.254. The predicted octanol–water partition coefficient (Wildman–Crippen LogP) is 7.63. The van der Waals surface area contributed by atoms with Crippen LogP contribution < -0.4 is 0 Å². The van der Waals surface area contributed by atoms with E-state index in [1.165, 1.54) is 5.56 Å². The Kier molecular flexibility index (Phi) is 6.43. The molecule has 4 heteroatoms. The van der Waals surface area contributed by atoms with Gasteiger partial charge in [0.05, 0.1) is 29.6 Å². The predicted molar refractivity (Wildman–Crippen MR) is 145 cm³/mol. The van der Waals surface area contributed by atoms with Crippen LogP contribution >= 0.6 is 0 Å². The summed E-state index contributed by atoms with van der Waals surface area (Å²) in [6.45, 7) is 7.46. The zero-order valence-electron chi connectivity index (χ0n) is 20.9. The van der Waals surface area contributed by atoms with Gasteiger partial charge < -0.3 is 9.32 Å². The minimum Gasteiger partial charge on any atom is -0.467 e. The summed E-state index contributed by atoms with van der Waals surface area (Å²) < 4.78 is 5.63. The second-order valence-corrected chi connectivity index (χ2v) is 10.1. The third-order valence-corrected chi connectivity index (χ3v) is 6.42. The van der Waals surface area contributed by atoms with E-state index in [9.17, 15) is 4.79 Å². The third-order valence-electron chi connectivity index (χ3n) is 6.42. The SMILES string of the molecule is CC(C)(C)c1ccc(CN(Cc2ccco2)C(=O)c2cc(-c3ccccc3)nc3ccccc23)cc1. The molecule has 0 atom stereocenters. The van der Waals surface area contributed by atoms with Crippen molar-refractivity contribution in [2.24, 2.45) is 0 Å². The third kappa shape index (κ3) is 5.08. The number of aromatic nitrogens is 1. The van der Waals surface area contributed by atoms with Crippen LogP contribution in [0.5, 0.6) is 0 Å². The fourth-order valence-electron chi connectivity index (χ4n) is 4.40. The lowest BCUT2D eigenvalue weighted by atomic mass is 9.87. The lowest BCUT2D eigenvalue weighted by Crippen LogP contribution is -2.30. The van der Waals surface area contributed by atoms with Crippen molar-refractivity contribution in [3.05, 3.63) is 126 Å². The number of carbonyl (C=O) groups is 1. The lowest BCUT2D eigenvalue weighted by molar-refractivity contribution is 0.0719. The number of benzene rings is 3. The van der Waals surface area contributed by atoms with Crippen LogP contribution in [0.25, 0.3) is 22.2 Å². The molecule has 5 rings (SSSR count). The van der Waals surface area contributed by atoms with Crippen LogP contribution in [-0.4, -0.2) is 15.8 Å². The molecule has 0 spiro atoms. The first kappa shape index (κ1) is 23.6. The van der Waals surface area contributed by atoms with Gasteiger partial charge in [-0.25, -0.2) is 4.98 Å². The van der Waals surface area contributed by atoms with Gasteiger partial charge in [-0.05, 0) is 40.8 Å². The Hall–Kier alpha value is -4.18. The van der Waals surface area contributed by atoms with Gasteiger partial charge in [0.1, 0.15) is 5.76 Å². The normalized spacial score (nSPS) is 11.5. The fraction of sp³-hybridized carbons (Fsp3) is 0.188. The largest absolute Gasteiger partial charge is 0.467 e. The van der Waals surface area contributed by atoms with Gasteiger partial charge in [-0.3, -0.25) is 4.79 Å². The van der Waals surface area contributed by atoms with Gasteiger partial charge in [0.25, 0.3) is 5.91 Å². The summed E-state index contributed by atoms with van der Waals surface area (Å²) in [5, 5.41) is 0.842. The number of fused-ring (bicyclic) bond motifs is 1. The number of rotatable bonds is 6. The number of amides is 1. The molecule has 0 saturated heterocycles.